The summed E-state index contributed by atoms with van der Waals surface area (Å²) >= 11 is 0. The number of carbonyl (C=O) groups excluding carboxylic acids is 2. The van der Waals surface area contributed by atoms with Gasteiger partial charge in [-0.05, 0) is 71.4 Å². The van der Waals surface area contributed by atoms with Crippen LogP contribution in [-0.2, 0) is 14.3 Å². The van der Waals surface area contributed by atoms with E-state index in [1.54, 1.807) is 34.6 Å². The van der Waals surface area contributed by atoms with E-state index in [0.29, 0.717) is 0 Å². The summed E-state index contributed by atoms with van der Waals surface area (Å²) in [5.74, 6) is -0.293. The number of ketones is 1. The Bertz CT molecular complexity index is 429. The lowest BCUT2D eigenvalue weighted by atomic mass is 9.94. The molecule has 106 valence electrons. The van der Waals surface area contributed by atoms with Gasteiger partial charge in [-0.15, -0.1) is 0 Å². The monoisotopic (exact) mass is 264 g/mol. The number of Topliss-reactive ketones (excluding diaryl/α,β-unsaturated/α-hetero) is 1. The summed E-state index contributed by atoms with van der Waals surface area (Å²) in [5, 5.41) is 0. The van der Waals surface area contributed by atoms with Crippen molar-refractivity contribution in [1.29, 1.82) is 0 Å². The number of rotatable bonds is 3. The zero-order chi connectivity index (χ0) is 14.6. The SMILES string of the molecule is CC(C)=C(OC(=O)C(C)(C)C)C(=O)C1=CCCCC1. The van der Waals surface area contributed by atoms with Crippen LogP contribution < -0.4 is 0 Å². The molecule has 0 aliphatic heterocycles. The van der Waals surface area contributed by atoms with E-state index in [1.807, 2.05) is 6.08 Å². The van der Waals surface area contributed by atoms with Crippen molar-refractivity contribution < 1.29 is 14.3 Å². The molecule has 3 heteroatoms. The molecule has 0 heterocycles. The molecule has 0 aromatic carbocycles. The van der Waals surface area contributed by atoms with Crippen LogP contribution in [0.1, 0.15) is 60.3 Å². The van der Waals surface area contributed by atoms with Crippen molar-refractivity contribution >= 4 is 11.8 Å². The van der Waals surface area contributed by atoms with E-state index in [-0.39, 0.29) is 17.5 Å². The van der Waals surface area contributed by atoms with E-state index in [4.69, 9.17) is 4.74 Å². The maximum Gasteiger partial charge on any atom is 0.316 e. The summed E-state index contributed by atoms with van der Waals surface area (Å²) in [7, 11) is 0. The van der Waals surface area contributed by atoms with Gasteiger partial charge in [-0.3, -0.25) is 9.59 Å². The van der Waals surface area contributed by atoms with Gasteiger partial charge in [-0.1, -0.05) is 6.08 Å². The van der Waals surface area contributed by atoms with E-state index in [2.05, 4.69) is 0 Å². The fourth-order valence-electron chi connectivity index (χ4n) is 1.81. The largest absolute Gasteiger partial charge is 0.422 e. The molecule has 0 atom stereocenters. The smallest absolute Gasteiger partial charge is 0.316 e. The molecule has 0 amide bonds. The van der Waals surface area contributed by atoms with Crippen LogP contribution in [0.5, 0.6) is 0 Å². The molecule has 0 aromatic heterocycles. The highest BCUT2D eigenvalue weighted by atomic mass is 16.5. The predicted octanol–water partition coefficient (Wildman–Crippen LogP) is 3.94. The molecule has 0 aromatic rings. The van der Waals surface area contributed by atoms with Gasteiger partial charge in [0.2, 0.25) is 5.78 Å². The van der Waals surface area contributed by atoms with Gasteiger partial charge in [0.05, 0.1) is 5.41 Å². The second-order valence-corrected chi connectivity index (χ2v) is 6.27. The second kappa shape index (κ2) is 6.18. The number of allylic oxidation sites excluding steroid dienone is 3. The summed E-state index contributed by atoms with van der Waals surface area (Å²) in [6, 6.07) is 0. The molecule has 0 bridgehead atoms. The Labute approximate surface area is 115 Å². The Hall–Kier alpha value is -1.38. The summed E-state index contributed by atoms with van der Waals surface area (Å²) in [6.45, 7) is 8.94. The Morgan fingerprint density at radius 1 is 1.16 bits per heavy atom. The van der Waals surface area contributed by atoms with Crippen molar-refractivity contribution in [1.82, 2.24) is 0 Å². The Morgan fingerprint density at radius 3 is 2.21 bits per heavy atom. The normalized spacial score (nSPS) is 15.5. The van der Waals surface area contributed by atoms with Crippen LogP contribution in [0.15, 0.2) is 23.0 Å². The van der Waals surface area contributed by atoms with E-state index in [1.165, 1.54) is 0 Å². The van der Waals surface area contributed by atoms with Gasteiger partial charge >= 0.3 is 5.97 Å². The van der Waals surface area contributed by atoms with Crippen LogP contribution in [0.4, 0.5) is 0 Å². The number of carbonyl (C=O) groups is 2. The molecule has 3 nitrogen and oxygen atoms in total. The lowest BCUT2D eigenvalue weighted by Gasteiger charge is -2.20. The standard InChI is InChI=1S/C16H24O3/c1-11(2)14(19-15(18)16(3,4)5)13(17)12-9-7-6-8-10-12/h9H,6-8,10H2,1-5H3. The van der Waals surface area contributed by atoms with E-state index >= 15 is 0 Å². The van der Waals surface area contributed by atoms with Gasteiger partial charge in [-0.25, -0.2) is 0 Å². The van der Waals surface area contributed by atoms with Crippen molar-refractivity contribution in [2.45, 2.75) is 60.3 Å². The highest BCUT2D eigenvalue weighted by Gasteiger charge is 2.28. The third-order valence-corrected chi connectivity index (χ3v) is 3.05. The fraction of sp³-hybridized carbons (Fsp3) is 0.625. The summed E-state index contributed by atoms with van der Waals surface area (Å²) in [6.07, 6.45) is 5.84. The third-order valence-electron chi connectivity index (χ3n) is 3.05. The Kier molecular flexibility index (Phi) is 5.10. The van der Waals surface area contributed by atoms with E-state index in [0.717, 1.165) is 36.8 Å². The maximum absolute atomic E-state index is 12.4. The molecule has 19 heavy (non-hydrogen) atoms. The first kappa shape index (κ1) is 15.7. The minimum absolute atomic E-state index is 0.127. The van der Waals surface area contributed by atoms with Crippen molar-refractivity contribution in [2.75, 3.05) is 0 Å². The number of hydrogen-bond donors (Lipinski definition) is 0. The van der Waals surface area contributed by atoms with Crippen LogP contribution in [0.3, 0.4) is 0 Å². The molecular weight excluding hydrogens is 240 g/mol. The molecule has 1 aliphatic carbocycles. The topological polar surface area (TPSA) is 43.4 Å². The summed E-state index contributed by atoms with van der Waals surface area (Å²) in [4.78, 5) is 24.3. The minimum atomic E-state index is -0.609. The van der Waals surface area contributed by atoms with E-state index < -0.39 is 5.41 Å². The first-order chi connectivity index (χ1) is 8.73. The Balaban J connectivity index is 2.91. The molecule has 0 saturated heterocycles. The molecule has 0 radical (unpaired) electrons. The van der Waals surface area contributed by atoms with Gasteiger partial charge in [-0.2, -0.15) is 0 Å². The second-order valence-electron chi connectivity index (χ2n) is 6.27. The van der Waals surface area contributed by atoms with Gasteiger partial charge in [0.25, 0.3) is 0 Å². The van der Waals surface area contributed by atoms with Crippen molar-refractivity contribution in [3.05, 3.63) is 23.0 Å². The highest BCUT2D eigenvalue weighted by Crippen LogP contribution is 2.25. The molecule has 0 spiro atoms. The lowest BCUT2D eigenvalue weighted by molar-refractivity contribution is -0.150. The fourth-order valence-corrected chi connectivity index (χ4v) is 1.81. The highest BCUT2D eigenvalue weighted by molar-refractivity contribution is 6.08. The zero-order valence-electron chi connectivity index (χ0n) is 12.6. The number of ether oxygens (including phenoxy) is 1. The van der Waals surface area contributed by atoms with Gasteiger partial charge in [0.1, 0.15) is 0 Å². The van der Waals surface area contributed by atoms with Crippen LogP contribution in [0, 0.1) is 5.41 Å². The first-order valence-corrected chi connectivity index (χ1v) is 6.87. The number of hydrogen-bond acceptors (Lipinski definition) is 3. The quantitative estimate of drug-likeness (QED) is 0.440. The molecule has 0 saturated carbocycles. The first-order valence-electron chi connectivity index (χ1n) is 6.87. The van der Waals surface area contributed by atoms with Crippen molar-refractivity contribution in [2.24, 2.45) is 5.41 Å². The van der Waals surface area contributed by atoms with Gasteiger partial charge in [0.15, 0.2) is 5.76 Å². The van der Waals surface area contributed by atoms with Gasteiger partial charge in [0, 0.05) is 0 Å². The average molecular weight is 264 g/mol. The summed E-state index contributed by atoms with van der Waals surface area (Å²) < 4.78 is 5.34. The third kappa shape index (κ3) is 4.34. The molecule has 0 fully saturated rings. The number of esters is 1. The predicted molar refractivity (Wildman–Crippen MR) is 75.5 cm³/mol. The molecule has 0 unspecified atom stereocenters. The van der Waals surface area contributed by atoms with Crippen LogP contribution in [-0.4, -0.2) is 11.8 Å². The van der Waals surface area contributed by atoms with Crippen LogP contribution >= 0.6 is 0 Å². The molecule has 1 rings (SSSR count). The Morgan fingerprint density at radius 2 is 1.79 bits per heavy atom. The summed E-state index contributed by atoms with van der Waals surface area (Å²) in [5.41, 5.74) is 0.917. The van der Waals surface area contributed by atoms with E-state index in [9.17, 15) is 9.59 Å². The average Bonchev–Trinajstić information content (AvgIpc) is 2.34. The minimum Gasteiger partial charge on any atom is -0.422 e. The van der Waals surface area contributed by atoms with Crippen LogP contribution in [0.25, 0.3) is 0 Å². The molecule has 0 N–H and O–H groups in total. The molecule has 1 aliphatic rings. The van der Waals surface area contributed by atoms with Crippen LogP contribution in [0.2, 0.25) is 0 Å². The lowest BCUT2D eigenvalue weighted by Crippen LogP contribution is -2.25. The zero-order valence-corrected chi connectivity index (χ0v) is 12.6. The van der Waals surface area contributed by atoms with Crippen molar-refractivity contribution in [3.63, 3.8) is 0 Å². The maximum atomic E-state index is 12.4. The van der Waals surface area contributed by atoms with Crippen molar-refractivity contribution in [3.8, 4) is 0 Å². The van der Waals surface area contributed by atoms with Gasteiger partial charge < -0.3 is 4.74 Å². The molecular formula is C16H24O3.